The largest absolute Gasteiger partial charge is 0.478 e. The fourth-order valence-corrected chi connectivity index (χ4v) is 3.81. The number of hydrogen-bond donors (Lipinski definition) is 2. The van der Waals surface area contributed by atoms with Crippen molar-refractivity contribution in [2.45, 2.75) is 12.3 Å². The third-order valence-electron chi connectivity index (χ3n) is 5.49. The highest BCUT2D eigenvalue weighted by atomic mass is 16.4. The summed E-state index contributed by atoms with van der Waals surface area (Å²) < 4.78 is 0. The Labute approximate surface area is 186 Å². The number of hydrogen-bond acceptors (Lipinski definition) is 4. The minimum atomic E-state index is -0.945. The lowest BCUT2D eigenvalue weighted by Crippen LogP contribution is -2.10. The maximum absolute atomic E-state index is 11.3. The molecule has 3 aromatic carbocycles. The van der Waals surface area contributed by atoms with Crippen LogP contribution in [0.3, 0.4) is 0 Å². The molecular weight excluding hydrogens is 400 g/mol. The molecule has 0 spiro atoms. The Morgan fingerprint density at radius 3 is 2.12 bits per heavy atom. The number of aromatic nitrogens is 1. The van der Waals surface area contributed by atoms with Gasteiger partial charge in [0.25, 0.3) is 0 Å². The topological polar surface area (TPSA) is 82.8 Å². The van der Waals surface area contributed by atoms with Crippen LogP contribution < -0.4 is 0 Å². The highest BCUT2D eigenvalue weighted by Gasteiger charge is 2.19. The molecule has 0 saturated carbocycles. The molecular formula is C27H22N2O3. The van der Waals surface area contributed by atoms with Gasteiger partial charge in [0, 0.05) is 30.3 Å². The standard InChI is InChI=1S/C27H22N2O3/c30-27(31)24-8-4-7-23(17-24)19-9-11-21(12-10-19)25(20-5-2-1-3-6-20)18-26(29-32)22-13-15-28-16-14-22/h1-17,25,32H,18H2,(H,30,31). The fourth-order valence-electron chi connectivity index (χ4n) is 3.81. The molecule has 5 heteroatoms. The number of pyridine rings is 1. The van der Waals surface area contributed by atoms with Crippen LogP contribution >= 0.6 is 0 Å². The van der Waals surface area contributed by atoms with Gasteiger partial charge >= 0.3 is 5.97 Å². The van der Waals surface area contributed by atoms with Gasteiger partial charge in [-0.15, -0.1) is 0 Å². The lowest BCUT2D eigenvalue weighted by atomic mass is 9.85. The van der Waals surface area contributed by atoms with Gasteiger partial charge in [-0.2, -0.15) is 0 Å². The Bertz CT molecular complexity index is 1220. The number of carbonyl (C=O) groups is 1. The van der Waals surface area contributed by atoms with E-state index in [1.54, 1.807) is 30.6 Å². The molecule has 2 N–H and O–H groups in total. The van der Waals surface area contributed by atoms with Crippen molar-refractivity contribution in [2.24, 2.45) is 5.16 Å². The molecule has 1 heterocycles. The van der Waals surface area contributed by atoms with Crippen LogP contribution in [0.15, 0.2) is 109 Å². The summed E-state index contributed by atoms with van der Waals surface area (Å²) in [6.07, 6.45) is 3.87. The number of aromatic carboxylic acids is 1. The van der Waals surface area contributed by atoms with Gasteiger partial charge in [-0.3, -0.25) is 4.98 Å². The lowest BCUT2D eigenvalue weighted by molar-refractivity contribution is 0.0697. The minimum absolute atomic E-state index is 0.0188. The summed E-state index contributed by atoms with van der Waals surface area (Å²) >= 11 is 0. The second-order valence-electron chi connectivity index (χ2n) is 7.46. The quantitative estimate of drug-likeness (QED) is 0.222. The van der Waals surface area contributed by atoms with Crippen LogP contribution in [-0.2, 0) is 0 Å². The molecule has 0 aliphatic rings. The van der Waals surface area contributed by atoms with Crippen molar-refractivity contribution in [1.29, 1.82) is 0 Å². The molecule has 1 atom stereocenters. The van der Waals surface area contributed by atoms with Crippen LogP contribution in [0.4, 0.5) is 0 Å². The van der Waals surface area contributed by atoms with Crippen molar-refractivity contribution in [2.75, 3.05) is 0 Å². The van der Waals surface area contributed by atoms with Crippen molar-refractivity contribution in [1.82, 2.24) is 4.98 Å². The molecule has 0 amide bonds. The van der Waals surface area contributed by atoms with Gasteiger partial charge in [-0.1, -0.05) is 71.9 Å². The molecule has 1 unspecified atom stereocenters. The first-order chi connectivity index (χ1) is 15.7. The maximum atomic E-state index is 11.3. The second kappa shape index (κ2) is 9.71. The van der Waals surface area contributed by atoms with E-state index in [1.807, 2.05) is 60.7 Å². The first-order valence-corrected chi connectivity index (χ1v) is 10.3. The van der Waals surface area contributed by atoms with E-state index in [9.17, 15) is 15.1 Å². The minimum Gasteiger partial charge on any atom is -0.478 e. The summed E-state index contributed by atoms with van der Waals surface area (Å²) in [5.74, 6) is -0.964. The third kappa shape index (κ3) is 4.73. The molecule has 0 saturated heterocycles. The number of rotatable bonds is 7. The molecule has 5 nitrogen and oxygen atoms in total. The van der Waals surface area contributed by atoms with Gasteiger partial charge in [0.1, 0.15) is 0 Å². The Morgan fingerprint density at radius 1 is 0.781 bits per heavy atom. The summed E-state index contributed by atoms with van der Waals surface area (Å²) in [4.78, 5) is 15.3. The Hall–Kier alpha value is -4.25. The molecule has 0 bridgehead atoms. The van der Waals surface area contributed by atoms with E-state index >= 15 is 0 Å². The first-order valence-electron chi connectivity index (χ1n) is 10.3. The number of oxime groups is 1. The van der Waals surface area contributed by atoms with Gasteiger partial charge in [0.2, 0.25) is 0 Å². The van der Waals surface area contributed by atoms with E-state index in [0.29, 0.717) is 12.1 Å². The summed E-state index contributed by atoms with van der Waals surface area (Å²) in [6.45, 7) is 0. The summed E-state index contributed by atoms with van der Waals surface area (Å²) in [5, 5.41) is 22.5. The molecule has 0 aliphatic heterocycles. The lowest BCUT2D eigenvalue weighted by Gasteiger charge is -2.19. The Kier molecular flexibility index (Phi) is 6.37. The molecule has 0 radical (unpaired) electrons. The predicted molar refractivity (Wildman–Crippen MR) is 124 cm³/mol. The van der Waals surface area contributed by atoms with E-state index in [4.69, 9.17) is 0 Å². The molecule has 0 aliphatic carbocycles. The second-order valence-corrected chi connectivity index (χ2v) is 7.46. The van der Waals surface area contributed by atoms with Crippen LogP contribution in [0, 0.1) is 0 Å². The molecule has 0 fully saturated rings. The first kappa shape index (κ1) is 21.0. The molecule has 32 heavy (non-hydrogen) atoms. The monoisotopic (exact) mass is 422 g/mol. The molecule has 4 rings (SSSR count). The van der Waals surface area contributed by atoms with E-state index in [2.05, 4.69) is 22.3 Å². The van der Waals surface area contributed by atoms with Crippen molar-refractivity contribution in [3.8, 4) is 11.1 Å². The van der Waals surface area contributed by atoms with Gasteiger partial charge in [-0.25, -0.2) is 4.79 Å². The Morgan fingerprint density at radius 2 is 1.47 bits per heavy atom. The number of nitrogens with zero attached hydrogens (tertiary/aromatic N) is 2. The normalized spacial score (nSPS) is 12.3. The zero-order valence-electron chi connectivity index (χ0n) is 17.3. The zero-order chi connectivity index (χ0) is 22.3. The third-order valence-corrected chi connectivity index (χ3v) is 5.49. The van der Waals surface area contributed by atoms with E-state index in [0.717, 1.165) is 27.8 Å². The number of carboxylic acids is 1. The molecule has 158 valence electrons. The fraction of sp³-hybridized carbons (Fsp3) is 0.0741. The van der Waals surface area contributed by atoms with Crippen LogP contribution in [-0.4, -0.2) is 27.0 Å². The van der Waals surface area contributed by atoms with Gasteiger partial charge in [0.05, 0.1) is 11.3 Å². The van der Waals surface area contributed by atoms with Crippen molar-refractivity contribution >= 4 is 11.7 Å². The predicted octanol–water partition coefficient (Wildman–Crippen LogP) is 5.85. The van der Waals surface area contributed by atoms with Crippen LogP contribution in [0.25, 0.3) is 11.1 Å². The van der Waals surface area contributed by atoms with Crippen LogP contribution in [0.2, 0.25) is 0 Å². The summed E-state index contributed by atoms with van der Waals surface area (Å²) in [7, 11) is 0. The highest BCUT2D eigenvalue weighted by molar-refractivity contribution is 6.00. The molecule has 1 aromatic heterocycles. The zero-order valence-corrected chi connectivity index (χ0v) is 17.3. The maximum Gasteiger partial charge on any atom is 0.335 e. The SMILES string of the molecule is O=C(O)c1cccc(-c2ccc(C(CC(=NO)c3ccncc3)c3ccccc3)cc2)c1. The van der Waals surface area contributed by atoms with Crippen LogP contribution in [0.1, 0.15) is 39.4 Å². The highest BCUT2D eigenvalue weighted by Crippen LogP contribution is 2.31. The molecule has 4 aromatic rings. The van der Waals surface area contributed by atoms with Gasteiger partial charge in [0.15, 0.2) is 0 Å². The van der Waals surface area contributed by atoms with Crippen molar-refractivity contribution in [3.63, 3.8) is 0 Å². The summed E-state index contributed by atoms with van der Waals surface area (Å²) in [5.41, 5.74) is 5.64. The summed E-state index contributed by atoms with van der Waals surface area (Å²) in [6, 6.07) is 28.7. The average molecular weight is 422 g/mol. The van der Waals surface area contributed by atoms with E-state index < -0.39 is 5.97 Å². The van der Waals surface area contributed by atoms with E-state index in [1.165, 1.54) is 0 Å². The van der Waals surface area contributed by atoms with Gasteiger partial charge < -0.3 is 10.3 Å². The smallest absolute Gasteiger partial charge is 0.335 e. The van der Waals surface area contributed by atoms with Gasteiger partial charge in [-0.05, 0) is 46.5 Å². The van der Waals surface area contributed by atoms with Crippen molar-refractivity contribution < 1.29 is 15.1 Å². The average Bonchev–Trinajstić information content (AvgIpc) is 2.86. The van der Waals surface area contributed by atoms with Crippen LogP contribution in [0.5, 0.6) is 0 Å². The number of carboxylic acid groups (broad SMARTS) is 1. The number of benzene rings is 3. The Balaban J connectivity index is 1.68. The van der Waals surface area contributed by atoms with E-state index in [-0.39, 0.29) is 11.5 Å². The van der Waals surface area contributed by atoms with Crippen molar-refractivity contribution in [3.05, 3.63) is 126 Å².